The number of amides is 1. The summed E-state index contributed by atoms with van der Waals surface area (Å²) in [5.74, 6) is 1.27. The standard InChI is InChI=1S/C22H28ClN3O3/c1-4-13-28-22-21(23)20(9-11-24-22)26-12-10-19(14-26)29-18-7-5-17(6-8-18)15(2)25-16(3)27/h5-9,11,15,19H,4,10,12-14H2,1-3H3,(H,25,27)/t15-,19+/m0/s1. The third kappa shape index (κ3) is 5.54. The first kappa shape index (κ1) is 21.2. The van der Waals surface area contributed by atoms with Crippen molar-refractivity contribution in [2.45, 2.75) is 45.8 Å². The minimum absolute atomic E-state index is 0.0264. The van der Waals surface area contributed by atoms with E-state index in [9.17, 15) is 4.79 Å². The van der Waals surface area contributed by atoms with Crippen LogP contribution in [0.3, 0.4) is 0 Å². The van der Waals surface area contributed by atoms with Crippen LogP contribution in [-0.2, 0) is 4.79 Å². The number of hydrogen-bond acceptors (Lipinski definition) is 5. The first-order chi connectivity index (χ1) is 14.0. The van der Waals surface area contributed by atoms with Crippen molar-refractivity contribution in [2.24, 2.45) is 0 Å². The van der Waals surface area contributed by atoms with E-state index in [-0.39, 0.29) is 18.1 Å². The average Bonchev–Trinajstić information content (AvgIpc) is 3.15. The molecule has 7 heteroatoms. The van der Waals surface area contributed by atoms with Crippen LogP contribution in [0.1, 0.15) is 45.2 Å². The van der Waals surface area contributed by atoms with Gasteiger partial charge in [-0.2, -0.15) is 0 Å². The normalized spacial score (nSPS) is 17.1. The van der Waals surface area contributed by atoms with Gasteiger partial charge in [0.2, 0.25) is 11.8 Å². The van der Waals surface area contributed by atoms with Gasteiger partial charge in [0.1, 0.15) is 16.9 Å². The summed E-state index contributed by atoms with van der Waals surface area (Å²) in [6, 6.07) is 9.77. The number of carbonyl (C=O) groups is 1. The van der Waals surface area contributed by atoms with E-state index in [0.29, 0.717) is 17.5 Å². The quantitative estimate of drug-likeness (QED) is 0.690. The molecule has 1 aromatic heterocycles. The maximum atomic E-state index is 11.2. The summed E-state index contributed by atoms with van der Waals surface area (Å²) in [4.78, 5) is 17.7. The number of hydrogen-bond donors (Lipinski definition) is 1. The lowest BCUT2D eigenvalue weighted by atomic mass is 10.1. The summed E-state index contributed by atoms with van der Waals surface area (Å²) in [7, 11) is 0. The summed E-state index contributed by atoms with van der Waals surface area (Å²) < 4.78 is 11.8. The van der Waals surface area contributed by atoms with E-state index >= 15 is 0 Å². The average molecular weight is 418 g/mol. The molecule has 1 saturated heterocycles. The number of anilines is 1. The molecule has 1 aromatic carbocycles. The summed E-state index contributed by atoms with van der Waals surface area (Å²) in [6.07, 6.45) is 3.63. The number of rotatable bonds is 8. The van der Waals surface area contributed by atoms with E-state index < -0.39 is 0 Å². The van der Waals surface area contributed by atoms with Crippen LogP contribution < -0.4 is 19.7 Å². The third-order valence-electron chi connectivity index (χ3n) is 4.87. The molecule has 3 rings (SSSR count). The predicted octanol–water partition coefficient (Wildman–Crippen LogP) is 4.38. The van der Waals surface area contributed by atoms with Gasteiger partial charge >= 0.3 is 0 Å². The van der Waals surface area contributed by atoms with E-state index in [1.807, 2.05) is 44.2 Å². The summed E-state index contributed by atoms with van der Waals surface area (Å²) in [5, 5.41) is 3.44. The van der Waals surface area contributed by atoms with Crippen molar-refractivity contribution in [3.05, 3.63) is 47.1 Å². The fourth-order valence-electron chi connectivity index (χ4n) is 3.42. The molecule has 29 heavy (non-hydrogen) atoms. The molecule has 2 aromatic rings. The molecule has 0 bridgehead atoms. The SMILES string of the molecule is CCCOc1nccc(N2CC[C@@H](Oc3ccc([C@H](C)NC(C)=O)cc3)C2)c1Cl. The smallest absolute Gasteiger partial charge is 0.234 e. The van der Waals surface area contributed by atoms with Gasteiger partial charge in [-0.25, -0.2) is 4.98 Å². The highest BCUT2D eigenvalue weighted by Gasteiger charge is 2.26. The van der Waals surface area contributed by atoms with Crippen molar-refractivity contribution in [3.8, 4) is 11.6 Å². The summed E-state index contributed by atoms with van der Waals surface area (Å²) in [5.41, 5.74) is 1.97. The van der Waals surface area contributed by atoms with E-state index in [1.165, 1.54) is 6.92 Å². The van der Waals surface area contributed by atoms with Crippen LogP contribution >= 0.6 is 11.6 Å². The Labute approximate surface area is 177 Å². The number of aromatic nitrogens is 1. The maximum absolute atomic E-state index is 11.2. The fourth-order valence-corrected chi connectivity index (χ4v) is 3.70. The van der Waals surface area contributed by atoms with E-state index in [1.54, 1.807) is 6.20 Å². The highest BCUT2D eigenvalue weighted by Crippen LogP contribution is 2.35. The number of halogens is 1. The van der Waals surface area contributed by atoms with Gasteiger partial charge in [0.15, 0.2) is 0 Å². The van der Waals surface area contributed by atoms with Crippen LogP contribution in [0, 0.1) is 0 Å². The summed E-state index contributed by atoms with van der Waals surface area (Å²) in [6.45, 7) is 7.74. The van der Waals surface area contributed by atoms with Crippen LogP contribution in [0.2, 0.25) is 5.02 Å². The Morgan fingerprint density at radius 3 is 2.79 bits per heavy atom. The van der Waals surface area contributed by atoms with Crippen LogP contribution in [0.15, 0.2) is 36.5 Å². The zero-order valence-electron chi connectivity index (χ0n) is 17.2. The number of nitrogens with zero attached hydrogens (tertiary/aromatic N) is 2. The number of nitrogens with one attached hydrogen (secondary N) is 1. The Bertz CT molecular complexity index is 829. The van der Waals surface area contributed by atoms with Gasteiger partial charge in [-0.1, -0.05) is 30.7 Å². The van der Waals surface area contributed by atoms with Gasteiger partial charge in [-0.3, -0.25) is 4.79 Å². The Hall–Kier alpha value is -2.47. The molecule has 2 atom stereocenters. The highest BCUT2D eigenvalue weighted by molar-refractivity contribution is 6.34. The molecule has 1 aliphatic rings. The van der Waals surface area contributed by atoms with Crippen molar-refractivity contribution in [3.63, 3.8) is 0 Å². The largest absolute Gasteiger partial charge is 0.489 e. The minimum atomic E-state index is -0.0399. The monoisotopic (exact) mass is 417 g/mol. The van der Waals surface area contributed by atoms with Crippen molar-refractivity contribution in [2.75, 3.05) is 24.6 Å². The molecule has 156 valence electrons. The lowest BCUT2D eigenvalue weighted by molar-refractivity contribution is -0.119. The van der Waals surface area contributed by atoms with E-state index in [2.05, 4.69) is 15.2 Å². The molecular weight excluding hydrogens is 390 g/mol. The van der Waals surface area contributed by atoms with Gasteiger partial charge in [-0.05, 0) is 37.1 Å². The molecule has 0 unspecified atom stereocenters. The molecule has 6 nitrogen and oxygen atoms in total. The first-order valence-corrected chi connectivity index (χ1v) is 10.4. The van der Waals surface area contributed by atoms with Gasteiger partial charge in [0.25, 0.3) is 0 Å². The fraction of sp³-hybridized carbons (Fsp3) is 0.455. The maximum Gasteiger partial charge on any atom is 0.234 e. The predicted molar refractivity (Wildman–Crippen MR) is 115 cm³/mol. The van der Waals surface area contributed by atoms with Gasteiger partial charge < -0.3 is 19.7 Å². The highest BCUT2D eigenvalue weighted by atomic mass is 35.5. The number of benzene rings is 1. The molecule has 2 heterocycles. The second kappa shape index (κ2) is 9.83. The summed E-state index contributed by atoms with van der Waals surface area (Å²) >= 11 is 6.52. The van der Waals surface area contributed by atoms with E-state index in [0.717, 1.165) is 42.9 Å². The van der Waals surface area contributed by atoms with Crippen molar-refractivity contribution < 1.29 is 14.3 Å². The second-order valence-electron chi connectivity index (χ2n) is 7.26. The zero-order chi connectivity index (χ0) is 20.8. The molecule has 0 aliphatic carbocycles. The Balaban J connectivity index is 1.60. The van der Waals surface area contributed by atoms with Crippen LogP contribution in [0.5, 0.6) is 11.6 Å². The van der Waals surface area contributed by atoms with Gasteiger partial charge in [0.05, 0.1) is 24.9 Å². The molecule has 0 spiro atoms. The Kier molecular flexibility index (Phi) is 7.20. The lowest BCUT2D eigenvalue weighted by Gasteiger charge is -2.21. The van der Waals surface area contributed by atoms with Crippen molar-refractivity contribution in [1.29, 1.82) is 0 Å². The first-order valence-electron chi connectivity index (χ1n) is 10.0. The lowest BCUT2D eigenvalue weighted by Crippen LogP contribution is -2.25. The molecular formula is C22H28ClN3O3. The topological polar surface area (TPSA) is 63.7 Å². The minimum Gasteiger partial charge on any atom is -0.489 e. The van der Waals surface area contributed by atoms with Crippen LogP contribution in [0.25, 0.3) is 0 Å². The zero-order valence-corrected chi connectivity index (χ0v) is 17.9. The number of ether oxygens (including phenoxy) is 2. The van der Waals surface area contributed by atoms with E-state index in [4.69, 9.17) is 21.1 Å². The molecule has 1 amide bonds. The Morgan fingerprint density at radius 1 is 1.34 bits per heavy atom. The molecule has 0 saturated carbocycles. The van der Waals surface area contributed by atoms with Crippen LogP contribution in [0.4, 0.5) is 5.69 Å². The van der Waals surface area contributed by atoms with Gasteiger partial charge in [-0.15, -0.1) is 0 Å². The van der Waals surface area contributed by atoms with Crippen molar-refractivity contribution >= 4 is 23.2 Å². The molecule has 0 radical (unpaired) electrons. The molecule has 1 aliphatic heterocycles. The van der Waals surface area contributed by atoms with Crippen LogP contribution in [-0.4, -0.2) is 36.7 Å². The second-order valence-corrected chi connectivity index (χ2v) is 7.64. The molecule has 1 fully saturated rings. The van der Waals surface area contributed by atoms with Crippen molar-refractivity contribution in [1.82, 2.24) is 10.3 Å². The Morgan fingerprint density at radius 2 is 2.10 bits per heavy atom. The number of pyridine rings is 1. The molecule has 1 N–H and O–H groups in total. The third-order valence-corrected chi connectivity index (χ3v) is 5.22. The number of carbonyl (C=O) groups excluding carboxylic acids is 1. The van der Waals surface area contributed by atoms with Gasteiger partial charge in [0, 0.05) is 26.1 Å².